The molecule has 0 fully saturated rings. The first-order valence-electron chi connectivity index (χ1n) is 11.0. The Morgan fingerprint density at radius 1 is 1.00 bits per heavy atom. The molecule has 1 heterocycles. The number of nitrogens with one attached hydrogen (secondary N) is 1. The number of hydrogen-bond donors (Lipinski definition) is 1. The highest BCUT2D eigenvalue weighted by atomic mass is 16.5. The number of para-hydroxylation sites is 1. The minimum Gasteiger partial charge on any atom is -0.493 e. The van der Waals surface area contributed by atoms with E-state index in [0.29, 0.717) is 34.8 Å². The number of methoxy groups -OCH3 is 2. The minimum absolute atomic E-state index is 0.0691. The number of ketones is 1. The Morgan fingerprint density at radius 2 is 1.76 bits per heavy atom. The van der Waals surface area contributed by atoms with Crippen molar-refractivity contribution in [3.05, 3.63) is 70.9 Å². The third-order valence-electron chi connectivity index (χ3n) is 6.30. The van der Waals surface area contributed by atoms with Crippen LogP contribution in [0.2, 0.25) is 0 Å². The second-order valence-electron chi connectivity index (χ2n) is 8.10. The summed E-state index contributed by atoms with van der Waals surface area (Å²) in [5.41, 5.74) is 2.52. The van der Waals surface area contributed by atoms with E-state index in [1.807, 2.05) is 36.4 Å². The first kappa shape index (κ1) is 22.6. The number of hydrogen-bond acceptors (Lipinski definition) is 6. The van der Waals surface area contributed by atoms with Gasteiger partial charge in [0.05, 0.1) is 20.8 Å². The zero-order valence-electron chi connectivity index (χ0n) is 18.9. The van der Waals surface area contributed by atoms with Crippen molar-refractivity contribution in [2.75, 3.05) is 20.8 Å². The van der Waals surface area contributed by atoms with Crippen molar-refractivity contribution in [2.45, 2.75) is 31.6 Å². The van der Waals surface area contributed by atoms with Crippen molar-refractivity contribution in [2.24, 2.45) is 5.92 Å². The highest BCUT2D eigenvalue weighted by Crippen LogP contribution is 2.48. The summed E-state index contributed by atoms with van der Waals surface area (Å²) in [7, 11) is 3.06. The fraction of sp³-hybridized carbons (Fsp3) is 0.346. The van der Waals surface area contributed by atoms with Gasteiger partial charge in [-0.2, -0.15) is 0 Å². The maximum absolute atomic E-state index is 13.9. The molecule has 7 heteroatoms. The molecule has 1 N–H and O–H groups in total. The van der Waals surface area contributed by atoms with Crippen molar-refractivity contribution in [3.8, 4) is 11.5 Å². The average Bonchev–Trinajstić information content (AvgIpc) is 2.83. The molecule has 3 atom stereocenters. The van der Waals surface area contributed by atoms with E-state index in [-0.39, 0.29) is 24.7 Å². The van der Waals surface area contributed by atoms with E-state index in [2.05, 4.69) is 5.32 Å². The van der Waals surface area contributed by atoms with Crippen molar-refractivity contribution >= 4 is 17.7 Å². The molecule has 33 heavy (non-hydrogen) atoms. The van der Waals surface area contributed by atoms with Crippen LogP contribution in [0.3, 0.4) is 0 Å². The SMILES string of the molecule is CCOC(=O)[C@@H]1C(=O)C2=C(C[C@H]1c1ccccc1)NC(=O)C[C@@H]2c1cccc(OC)c1OC. The van der Waals surface area contributed by atoms with E-state index >= 15 is 0 Å². The van der Waals surface area contributed by atoms with Crippen LogP contribution in [0.1, 0.15) is 42.7 Å². The van der Waals surface area contributed by atoms with Crippen molar-refractivity contribution in [3.63, 3.8) is 0 Å². The average molecular weight is 450 g/mol. The molecule has 0 bridgehead atoms. The number of benzene rings is 2. The number of ether oxygens (including phenoxy) is 3. The Kier molecular flexibility index (Phi) is 6.49. The number of carbonyl (C=O) groups excluding carboxylic acids is 3. The fourth-order valence-corrected chi connectivity index (χ4v) is 4.92. The van der Waals surface area contributed by atoms with E-state index in [1.54, 1.807) is 19.1 Å². The van der Waals surface area contributed by atoms with E-state index in [0.717, 1.165) is 5.56 Å². The lowest BCUT2D eigenvalue weighted by Crippen LogP contribution is -2.44. The lowest BCUT2D eigenvalue weighted by atomic mass is 9.68. The highest BCUT2D eigenvalue weighted by Gasteiger charge is 2.48. The number of carbonyl (C=O) groups is 3. The van der Waals surface area contributed by atoms with Gasteiger partial charge in [-0.3, -0.25) is 14.4 Å². The number of Topliss-reactive ketones (excluding diaryl/α,β-unsaturated/α-hetero) is 1. The summed E-state index contributed by atoms with van der Waals surface area (Å²) in [4.78, 5) is 39.6. The van der Waals surface area contributed by atoms with Crippen LogP contribution in [0.5, 0.6) is 11.5 Å². The number of esters is 1. The summed E-state index contributed by atoms with van der Waals surface area (Å²) in [6.45, 7) is 1.90. The first-order valence-corrected chi connectivity index (χ1v) is 11.0. The molecule has 0 spiro atoms. The quantitative estimate of drug-likeness (QED) is 0.536. The topological polar surface area (TPSA) is 90.9 Å². The summed E-state index contributed by atoms with van der Waals surface area (Å²) in [5.74, 6) is -2.04. The summed E-state index contributed by atoms with van der Waals surface area (Å²) >= 11 is 0. The van der Waals surface area contributed by atoms with E-state index in [1.165, 1.54) is 14.2 Å². The van der Waals surface area contributed by atoms with Crippen LogP contribution in [0.15, 0.2) is 59.8 Å². The number of allylic oxidation sites excluding steroid dienone is 2. The van der Waals surface area contributed by atoms with Crippen LogP contribution in [0, 0.1) is 5.92 Å². The molecule has 0 unspecified atom stereocenters. The molecule has 1 aliphatic heterocycles. The molecular formula is C26H27NO6. The Hall–Kier alpha value is -3.61. The van der Waals surface area contributed by atoms with Crippen molar-refractivity contribution < 1.29 is 28.6 Å². The van der Waals surface area contributed by atoms with E-state index < -0.39 is 23.7 Å². The van der Waals surface area contributed by atoms with Gasteiger partial charge in [-0.1, -0.05) is 42.5 Å². The normalized spacial score (nSPS) is 22.3. The van der Waals surface area contributed by atoms with Crippen LogP contribution >= 0.6 is 0 Å². The third kappa shape index (κ3) is 4.11. The predicted octanol–water partition coefficient (Wildman–Crippen LogP) is 3.50. The van der Waals surface area contributed by atoms with E-state index in [4.69, 9.17) is 14.2 Å². The van der Waals surface area contributed by atoms with Crippen LogP contribution < -0.4 is 14.8 Å². The molecule has 2 aliphatic rings. The Bertz CT molecular complexity index is 1110. The van der Waals surface area contributed by atoms with Gasteiger partial charge >= 0.3 is 5.97 Å². The molecule has 1 amide bonds. The van der Waals surface area contributed by atoms with Gasteiger partial charge < -0.3 is 19.5 Å². The molecule has 4 rings (SSSR count). The predicted molar refractivity (Wildman–Crippen MR) is 121 cm³/mol. The second-order valence-corrected chi connectivity index (χ2v) is 8.10. The summed E-state index contributed by atoms with van der Waals surface area (Å²) in [6, 6.07) is 14.8. The molecular weight excluding hydrogens is 422 g/mol. The Labute approximate surface area is 192 Å². The lowest BCUT2D eigenvalue weighted by Gasteiger charge is -2.38. The molecule has 1 aliphatic carbocycles. The minimum atomic E-state index is -0.986. The van der Waals surface area contributed by atoms with Crippen LogP contribution in [-0.4, -0.2) is 38.5 Å². The van der Waals surface area contributed by atoms with E-state index in [9.17, 15) is 14.4 Å². The number of rotatable bonds is 6. The van der Waals surface area contributed by atoms with Crippen LogP contribution in [0.25, 0.3) is 0 Å². The van der Waals surface area contributed by atoms with Crippen molar-refractivity contribution in [1.29, 1.82) is 0 Å². The zero-order chi connectivity index (χ0) is 23.5. The monoisotopic (exact) mass is 449 g/mol. The molecule has 2 aromatic carbocycles. The van der Waals surface area contributed by atoms with Gasteiger partial charge in [0.1, 0.15) is 5.92 Å². The molecule has 2 aromatic rings. The van der Waals surface area contributed by atoms with Crippen LogP contribution in [-0.2, 0) is 19.1 Å². The summed E-state index contributed by atoms with van der Waals surface area (Å²) in [5, 5.41) is 2.90. The van der Waals surface area contributed by atoms with Gasteiger partial charge in [0.25, 0.3) is 0 Å². The molecule has 0 aromatic heterocycles. The van der Waals surface area contributed by atoms with Gasteiger partial charge in [-0.25, -0.2) is 0 Å². The first-order chi connectivity index (χ1) is 16.0. The van der Waals surface area contributed by atoms with Gasteiger partial charge in [0, 0.05) is 35.1 Å². The van der Waals surface area contributed by atoms with Crippen LogP contribution in [0.4, 0.5) is 0 Å². The standard InChI is InChI=1S/C26H27NO6/c1-4-33-26(30)23-17(15-9-6-5-7-10-15)13-19-22(24(23)29)18(14-21(28)27-19)16-11-8-12-20(31-2)25(16)32-3/h5-12,17-18,23H,4,13-14H2,1-3H3,(H,27,28)/t17-,18+,23-/m0/s1. The molecule has 0 saturated carbocycles. The highest BCUT2D eigenvalue weighted by molar-refractivity contribution is 6.12. The molecule has 172 valence electrons. The van der Waals surface area contributed by atoms with Gasteiger partial charge in [0.15, 0.2) is 17.3 Å². The molecule has 0 saturated heterocycles. The largest absolute Gasteiger partial charge is 0.493 e. The van der Waals surface area contributed by atoms with Gasteiger partial charge in [0.2, 0.25) is 5.91 Å². The third-order valence-corrected chi connectivity index (χ3v) is 6.30. The second kappa shape index (κ2) is 9.48. The Balaban J connectivity index is 1.86. The Morgan fingerprint density at radius 3 is 2.42 bits per heavy atom. The zero-order valence-corrected chi connectivity index (χ0v) is 18.9. The van der Waals surface area contributed by atoms with Gasteiger partial charge in [-0.15, -0.1) is 0 Å². The lowest BCUT2D eigenvalue weighted by molar-refractivity contribution is -0.152. The fourth-order valence-electron chi connectivity index (χ4n) is 4.92. The van der Waals surface area contributed by atoms with Crippen molar-refractivity contribution in [1.82, 2.24) is 5.32 Å². The van der Waals surface area contributed by atoms with Gasteiger partial charge in [-0.05, 0) is 25.0 Å². The molecule has 7 nitrogen and oxygen atoms in total. The number of amides is 1. The maximum Gasteiger partial charge on any atom is 0.317 e. The summed E-state index contributed by atoms with van der Waals surface area (Å²) in [6.07, 6.45) is 0.419. The molecule has 0 radical (unpaired) electrons. The summed E-state index contributed by atoms with van der Waals surface area (Å²) < 4.78 is 16.3. The smallest absolute Gasteiger partial charge is 0.317 e. The maximum atomic E-state index is 13.9.